The summed E-state index contributed by atoms with van der Waals surface area (Å²) in [6, 6.07) is 6.63. The van der Waals surface area contributed by atoms with Gasteiger partial charge in [0.2, 0.25) is 0 Å². The molecule has 3 aromatic rings. The second kappa shape index (κ2) is 6.35. The maximum Gasteiger partial charge on any atom is 0.150 e. The fourth-order valence-corrected chi connectivity index (χ4v) is 4.73. The molecule has 2 aromatic heterocycles. The van der Waals surface area contributed by atoms with Crippen molar-refractivity contribution in [3.05, 3.63) is 44.8 Å². The lowest BCUT2D eigenvalue weighted by atomic mass is 10.0. The van der Waals surface area contributed by atoms with Crippen LogP contribution in [-0.4, -0.2) is 27.6 Å². The van der Waals surface area contributed by atoms with E-state index in [9.17, 15) is 0 Å². The third kappa shape index (κ3) is 2.72. The van der Waals surface area contributed by atoms with Gasteiger partial charge in [-0.3, -0.25) is 4.57 Å². The Morgan fingerprint density at radius 2 is 1.70 bits per heavy atom. The number of nitrogens with zero attached hydrogens (tertiary/aromatic N) is 5. The highest BCUT2D eigenvalue weighted by Crippen LogP contribution is 2.37. The summed E-state index contributed by atoms with van der Waals surface area (Å²) in [5.74, 6) is 1.80. The van der Waals surface area contributed by atoms with Crippen LogP contribution in [0.4, 0.5) is 5.82 Å². The summed E-state index contributed by atoms with van der Waals surface area (Å²) in [6.45, 7) is 12.0. The predicted octanol–water partition coefficient (Wildman–Crippen LogP) is 4.68. The minimum atomic E-state index is 0.0924. The zero-order chi connectivity index (χ0) is 19.5. The van der Waals surface area contributed by atoms with Crippen LogP contribution in [0.2, 0.25) is 0 Å². The lowest BCUT2D eigenvalue weighted by Crippen LogP contribution is -2.46. The normalized spacial score (nSPS) is 14.5. The monoisotopic (exact) mass is 423 g/mol. The van der Waals surface area contributed by atoms with Gasteiger partial charge in [0, 0.05) is 23.3 Å². The van der Waals surface area contributed by atoms with Gasteiger partial charge in [0.1, 0.15) is 11.6 Å². The fraction of sp³-hybridized carbons (Fsp3) is 0.381. The average molecular weight is 424 g/mol. The van der Waals surface area contributed by atoms with Crippen LogP contribution in [0.3, 0.4) is 0 Å². The van der Waals surface area contributed by atoms with E-state index in [-0.39, 0.29) is 5.92 Å². The number of hydrogen-bond donors (Lipinski definition) is 0. The molecule has 1 saturated heterocycles. The largest absolute Gasteiger partial charge is 0.353 e. The lowest BCUT2D eigenvalue weighted by molar-refractivity contribution is 0.500. The van der Waals surface area contributed by atoms with Crippen molar-refractivity contribution in [1.29, 1.82) is 5.26 Å². The molecule has 0 saturated carbocycles. The number of nitriles is 1. The van der Waals surface area contributed by atoms with Crippen molar-refractivity contribution < 1.29 is 0 Å². The standard InChI is InChI=1S/C21H22BrN5/c1-11-6-17(22)7-12(2)19(11)27-14(4)13(3)18-20(24-15(5)25-21(18)27)26-9-16(8-23)10-26/h6-7,16H,9-10H2,1-5H3. The summed E-state index contributed by atoms with van der Waals surface area (Å²) < 4.78 is 3.35. The minimum absolute atomic E-state index is 0.0924. The van der Waals surface area contributed by atoms with Gasteiger partial charge < -0.3 is 4.90 Å². The van der Waals surface area contributed by atoms with Crippen molar-refractivity contribution in [1.82, 2.24) is 14.5 Å². The van der Waals surface area contributed by atoms with Crippen LogP contribution in [0.15, 0.2) is 16.6 Å². The van der Waals surface area contributed by atoms with E-state index >= 15 is 0 Å². The quantitative estimate of drug-likeness (QED) is 0.599. The zero-order valence-corrected chi connectivity index (χ0v) is 17.8. The Morgan fingerprint density at radius 1 is 1.07 bits per heavy atom. The van der Waals surface area contributed by atoms with E-state index in [4.69, 9.17) is 15.2 Å². The molecule has 0 bridgehead atoms. The van der Waals surface area contributed by atoms with Crippen LogP contribution in [0, 0.1) is 51.9 Å². The molecule has 0 atom stereocenters. The number of benzene rings is 1. The third-order valence-corrected chi connectivity index (χ3v) is 5.95. The van der Waals surface area contributed by atoms with E-state index in [1.54, 1.807) is 0 Å². The van der Waals surface area contributed by atoms with Crippen molar-refractivity contribution in [2.24, 2.45) is 5.92 Å². The Balaban J connectivity index is 2.01. The number of aromatic nitrogens is 3. The van der Waals surface area contributed by atoms with Gasteiger partial charge in [0.15, 0.2) is 5.65 Å². The fourth-order valence-electron chi connectivity index (χ4n) is 4.04. The second-order valence-corrected chi connectivity index (χ2v) is 8.37. The Labute approximate surface area is 167 Å². The molecule has 4 rings (SSSR count). The molecule has 0 N–H and O–H groups in total. The highest BCUT2D eigenvalue weighted by molar-refractivity contribution is 9.10. The summed E-state index contributed by atoms with van der Waals surface area (Å²) in [4.78, 5) is 11.8. The smallest absolute Gasteiger partial charge is 0.150 e. The number of hydrogen-bond acceptors (Lipinski definition) is 4. The molecular weight excluding hydrogens is 402 g/mol. The first-order chi connectivity index (χ1) is 12.8. The molecule has 5 nitrogen and oxygen atoms in total. The number of aryl methyl sites for hydroxylation is 4. The summed E-state index contributed by atoms with van der Waals surface area (Å²) in [6.07, 6.45) is 0. The first-order valence-corrected chi connectivity index (χ1v) is 9.89. The van der Waals surface area contributed by atoms with Crippen LogP contribution < -0.4 is 4.90 Å². The highest BCUT2D eigenvalue weighted by Gasteiger charge is 2.31. The molecule has 27 heavy (non-hydrogen) atoms. The van der Waals surface area contributed by atoms with E-state index in [2.05, 4.69) is 71.3 Å². The van der Waals surface area contributed by atoms with Crippen LogP contribution in [-0.2, 0) is 0 Å². The average Bonchev–Trinajstić information content (AvgIpc) is 2.78. The summed E-state index contributed by atoms with van der Waals surface area (Å²) in [5.41, 5.74) is 6.90. The first-order valence-electron chi connectivity index (χ1n) is 9.09. The van der Waals surface area contributed by atoms with Gasteiger partial charge in [-0.25, -0.2) is 9.97 Å². The summed E-state index contributed by atoms with van der Waals surface area (Å²) in [5, 5.41) is 10.2. The van der Waals surface area contributed by atoms with Crippen molar-refractivity contribution in [3.8, 4) is 11.8 Å². The number of rotatable bonds is 2. The Hall–Kier alpha value is -2.39. The van der Waals surface area contributed by atoms with E-state index in [1.807, 2.05) is 6.92 Å². The summed E-state index contributed by atoms with van der Waals surface area (Å²) >= 11 is 3.60. The van der Waals surface area contributed by atoms with Gasteiger partial charge >= 0.3 is 0 Å². The van der Waals surface area contributed by atoms with Gasteiger partial charge in [-0.15, -0.1) is 0 Å². The molecule has 6 heteroatoms. The van der Waals surface area contributed by atoms with Gasteiger partial charge in [0.05, 0.1) is 23.1 Å². The highest BCUT2D eigenvalue weighted by atomic mass is 79.9. The first kappa shape index (κ1) is 18.0. The van der Waals surface area contributed by atoms with E-state index < -0.39 is 0 Å². The Bertz CT molecular complexity index is 1090. The van der Waals surface area contributed by atoms with E-state index in [1.165, 1.54) is 28.1 Å². The Kier molecular flexibility index (Phi) is 4.23. The number of halogens is 1. The van der Waals surface area contributed by atoms with Gasteiger partial charge in [0.25, 0.3) is 0 Å². The molecule has 0 aliphatic carbocycles. The van der Waals surface area contributed by atoms with Crippen molar-refractivity contribution in [2.75, 3.05) is 18.0 Å². The second-order valence-electron chi connectivity index (χ2n) is 7.46. The van der Waals surface area contributed by atoms with Crippen LogP contribution in [0.1, 0.15) is 28.2 Å². The maximum absolute atomic E-state index is 9.14. The molecule has 1 fully saturated rings. The lowest BCUT2D eigenvalue weighted by Gasteiger charge is -2.36. The van der Waals surface area contributed by atoms with E-state index in [0.29, 0.717) is 0 Å². The molecule has 1 aliphatic heterocycles. The zero-order valence-electron chi connectivity index (χ0n) is 16.3. The van der Waals surface area contributed by atoms with Gasteiger partial charge in [-0.2, -0.15) is 5.26 Å². The molecule has 1 aliphatic rings. The number of anilines is 1. The molecular formula is C21H22BrN5. The predicted molar refractivity (Wildman–Crippen MR) is 112 cm³/mol. The minimum Gasteiger partial charge on any atom is -0.353 e. The SMILES string of the molecule is Cc1nc(N2CC(C#N)C2)c2c(C)c(C)n(-c3c(C)cc(Br)cc3C)c2n1. The summed E-state index contributed by atoms with van der Waals surface area (Å²) in [7, 11) is 0. The molecule has 0 amide bonds. The van der Waals surface area contributed by atoms with Gasteiger partial charge in [-0.1, -0.05) is 15.9 Å². The molecule has 0 spiro atoms. The van der Waals surface area contributed by atoms with Crippen molar-refractivity contribution in [3.63, 3.8) is 0 Å². The molecule has 0 unspecified atom stereocenters. The molecule has 138 valence electrons. The third-order valence-electron chi connectivity index (χ3n) is 5.49. The molecule has 0 radical (unpaired) electrons. The Morgan fingerprint density at radius 3 is 2.30 bits per heavy atom. The van der Waals surface area contributed by atoms with Gasteiger partial charge in [-0.05, 0) is 63.4 Å². The van der Waals surface area contributed by atoms with Crippen molar-refractivity contribution in [2.45, 2.75) is 34.6 Å². The number of fused-ring (bicyclic) bond motifs is 1. The topological polar surface area (TPSA) is 57.7 Å². The van der Waals surface area contributed by atoms with Crippen LogP contribution in [0.5, 0.6) is 0 Å². The van der Waals surface area contributed by atoms with Crippen molar-refractivity contribution >= 4 is 32.8 Å². The van der Waals surface area contributed by atoms with Crippen LogP contribution >= 0.6 is 15.9 Å². The van der Waals surface area contributed by atoms with E-state index in [0.717, 1.165) is 40.2 Å². The maximum atomic E-state index is 9.14. The van der Waals surface area contributed by atoms with Crippen LogP contribution in [0.25, 0.3) is 16.7 Å². The molecule has 3 heterocycles. The molecule has 1 aromatic carbocycles.